The van der Waals surface area contributed by atoms with Gasteiger partial charge >= 0.3 is 12.1 Å². The van der Waals surface area contributed by atoms with E-state index < -0.39 is 17.7 Å². The summed E-state index contributed by atoms with van der Waals surface area (Å²) in [5.41, 5.74) is 2.32. The van der Waals surface area contributed by atoms with E-state index in [1.807, 2.05) is 71.4 Å². The maximum Gasteiger partial charge on any atom is 0.416 e. The van der Waals surface area contributed by atoms with Crippen LogP contribution in [-0.2, 0) is 12.7 Å². The number of hydrogen-bond donors (Lipinski definition) is 1. The summed E-state index contributed by atoms with van der Waals surface area (Å²) in [5, 5.41) is 12.7. The number of carboxylic acids is 1. The first-order valence-corrected chi connectivity index (χ1v) is 13.5. The zero-order valence-corrected chi connectivity index (χ0v) is 22.4. The number of ether oxygens (including phenoxy) is 1. The molecule has 6 aromatic rings. The van der Waals surface area contributed by atoms with Gasteiger partial charge in [-0.1, -0.05) is 78.9 Å². The standard InChI is InChI=1S/C35H26F3NO3/c36-35(37,38)25-12-5-11-24(21-25)30-22-39(19-8-20-42-32-18-6-10-23-9-1-2-13-26(23)32)31-17-7-16-28(33(30)31)27-14-3-4-15-29(27)34(40)41/h1-7,9-18,21-22H,8,19-20H2,(H,40,41). The van der Waals surface area contributed by atoms with Gasteiger partial charge in [-0.25, -0.2) is 4.79 Å². The third-order valence-corrected chi connectivity index (χ3v) is 7.41. The molecule has 0 spiro atoms. The number of rotatable bonds is 8. The molecule has 0 aliphatic carbocycles. The summed E-state index contributed by atoms with van der Waals surface area (Å²) in [6, 6.07) is 31.4. The van der Waals surface area contributed by atoms with E-state index in [0.717, 1.165) is 34.2 Å². The molecule has 1 heterocycles. The van der Waals surface area contributed by atoms with Crippen molar-refractivity contribution in [3.05, 3.63) is 127 Å². The van der Waals surface area contributed by atoms with Crippen LogP contribution in [0.3, 0.4) is 0 Å². The highest BCUT2D eigenvalue weighted by molar-refractivity contribution is 6.09. The third-order valence-electron chi connectivity index (χ3n) is 7.41. The van der Waals surface area contributed by atoms with Gasteiger partial charge in [-0.3, -0.25) is 0 Å². The lowest BCUT2D eigenvalue weighted by Crippen LogP contribution is -2.04. The summed E-state index contributed by atoms with van der Waals surface area (Å²) in [7, 11) is 0. The molecule has 6 rings (SSSR count). The Hall–Kier alpha value is -5.04. The molecule has 42 heavy (non-hydrogen) atoms. The van der Waals surface area contributed by atoms with E-state index in [-0.39, 0.29) is 5.56 Å². The summed E-state index contributed by atoms with van der Waals surface area (Å²) in [6.07, 6.45) is -2.00. The number of alkyl halides is 3. The first-order valence-electron chi connectivity index (χ1n) is 13.5. The molecule has 0 aliphatic rings. The van der Waals surface area contributed by atoms with Gasteiger partial charge in [-0.05, 0) is 58.8 Å². The Morgan fingerprint density at radius 1 is 0.786 bits per heavy atom. The zero-order chi connectivity index (χ0) is 29.3. The average Bonchev–Trinajstić information content (AvgIpc) is 3.38. The maximum atomic E-state index is 13.6. The second-order valence-electron chi connectivity index (χ2n) is 10.0. The molecule has 0 fully saturated rings. The van der Waals surface area contributed by atoms with Crippen LogP contribution in [0.15, 0.2) is 115 Å². The van der Waals surface area contributed by atoms with Crippen LogP contribution in [-0.4, -0.2) is 22.2 Å². The van der Waals surface area contributed by atoms with Crippen LogP contribution < -0.4 is 4.74 Å². The van der Waals surface area contributed by atoms with Crippen LogP contribution in [0, 0.1) is 0 Å². The van der Waals surface area contributed by atoms with Crippen LogP contribution in [0.25, 0.3) is 43.9 Å². The molecule has 0 saturated heterocycles. The van der Waals surface area contributed by atoms with Crippen molar-refractivity contribution >= 4 is 27.6 Å². The van der Waals surface area contributed by atoms with Gasteiger partial charge in [0.05, 0.1) is 17.7 Å². The van der Waals surface area contributed by atoms with Crippen molar-refractivity contribution < 1.29 is 27.8 Å². The SMILES string of the molecule is O=C(O)c1ccccc1-c1cccc2c1c(-c1cccc(C(F)(F)F)c1)cn2CCCOc1cccc2ccccc12. The number of nitrogens with zero attached hydrogens (tertiary/aromatic N) is 1. The monoisotopic (exact) mass is 565 g/mol. The van der Waals surface area contributed by atoms with Crippen molar-refractivity contribution in [3.8, 4) is 28.0 Å². The van der Waals surface area contributed by atoms with Crippen molar-refractivity contribution in [1.82, 2.24) is 4.57 Å². The van der Waals surface area contributed by atoms with Gasteiger partial charge in [0.25, 0.3) is 0 Å². The van der Waals surface area contributed by atoms with E-state index in [2.05, 4.69) is 0 Å². The molecular formula is C35H26F3NO3. The Morgan fingerprint density at radius 3 is 2.33 bits per heavy atom. The Bertz CT molecular complexity index is 1920. The predicted molar refractivity (Wildman–Crippen MR) is 159 cm³/mol. The normalized spacial score (nSPS) is 11.7. The molecule has 0 amide bonds. The number of halogens is 3. The molecule has 0 aliphatic heterocycles. The predicted octanol–water partition coefficient (Wildman–Crippen LogP) is 9.31. The topological polar surface area (TPSA) is 51.5 Å². The number of hydrogen-bond acceptors (Lipinski definition) is 2. The van der Waals surface area contributed by atoms with Gasteiger partial charge in [0.1, 0.15) is 5.75 Å². The highest BCUT2D eigenvalue weighted by atomic mass is 19.4. The van der Waals surface area contributed by atoms with Crippen molar-refractivity contribution in [2.24, 2.45) is 0 Å². The molecule has 5 aromatic carbocycles. The molecule has 0 radical (unpaired) electrons. The summed E-state index contributed by atoms with van der Waals surface area (Å²) in [4.78, 5) is 12.1. The van der Waals surface area contributed by atoms with Crippen LogP contribution in [0.4, 0.5) is 13.2 Å². The minimum absolute atomic E-state index is 0.122. The maximum absolute atomic E-state index is 13.6. The number of aromatic carboxylic acids is 1. The van der Waals surface area contributed by atoms with Gasteiger partial charge in [-0.2, -0.15) is 13.2 Å². The molecule has 0 saturated carbocycles. The Labute approximate surface area is 240 Å². The number of aromatic nitrogens is 1. The fourth-order valence-electron chi connectivity index (χ4n) is 5.49. The van der Waals surface area contributed by atoms with Crippen molar-refractivity contribution in [1.29, 1.82) is 0 Å². The molecule has 210 valence electrons. The lowest BCUT2D eigenvalue weighted by atomic mass is 9.93. The van der Waals surface area contributed by atoms with Crippen molar-refractivity contribution in [2.45, 2.75) is 19.1 Å². The van der Waals surface area contributed by atoms with Gasteiger partial charge in [0.2, 0.25) is 0 Å². The highest BCUT2D eigenvalue weighted by Gasteiger charge is 2.31. The first-order chi connectivity index (χ1) is 20.3. The zero-order valence-electron chi connectivity index (χ0n) is 22.4. The van der Waals surface area contributed by atoms with E-state index in [1.54, 1.807) is 24.3 Å². The van der Waals surface area contributed by atoms with Crippen LogP contribution in [0.1, 0.15) is 22.3 Å². The number of fused-ring (bicyclic) bond motifs is 2. The number of benzene rings is 5. The lowest BCUT2D eigenvalue weighted by molar-refractivity contribution is -0.137. The molecule has 7 heteroatoms. The van der Waals surface area contributed by atoms with E-state index in [1.165, 1.54) is 12.1 Å². The van der Waals surface area contributed by atoms with Crippen LogP contribution >= 0.6 is 0 Å². The van der Waals surface area contributed by atoms with Crippen molar-refractivity contribution in [3.63, 3.8) is 0 Å². The van der Waals surface area contributed by atoms with Gasteiger partial charge in [0, 0.05) is 34.6 Å². The minimum Gasteiger partial charge on any atom is -0.493 e. The molecule has 1 aromatic heterocycles. The van der Waals surface area contributed by atoms with Crippen molar-refractivity contribution in [2.75, 3.05) is 6.61 Å². The third kappa shape index (κ3) is 5.21. The van der Waals surface area contributed by atoms with Crippen LogP contribution in [0.5, 0.6) is 5.75 Å². The van der Waals surface area contributed by atoms with E-state index >= 15 is 0 Å². The largest absolute Gasteiger partial charge is 0.493 e. The fraction of sp³-hybridized carbons (Fsp3) is 0.114. The smallest absolute Gasteiger partial charge is 0.416 e. The van der Waals surface area contributed by atoms with Gasteiger partial charge in [-0.15, -0.1) is 0 Å². The lowest BCUT2D eigenvalue weighted by Gasteiger charge is -2.12. The molecule has 4 nitrogen and oxygen atoms in total. The summed E-state index contributed by atoms with van der Waals surface area (Å²) in [5.74, 6) is -0.282. The summed E-state index contributed by atoms with van der Waals surface area (Å²) < 4.78 is 49.1. The molecule has 0 atom stereocenters. The first kappa shape index (κ1) is 27.1. The Balaban J connectivity index is 1.40. The van der Waals surface area contributed by atoms with E-state index in [0.29, 0.717) is 47.2 Å². The molecule has 0 unspecified atom stereocenters. The second kappa shape index (κ2) is 11.1. The van der Waals surface area contributed by atoms with E-state index in [4.69, 9.17) is 4.74 Å². The number of carboxylic acid groups (broad SMARTS) is 1. The number of aryl methyl sites for hydroxylation is 1. The quantitative estimate of drug-likeness (QED) is 0.187. The second-order valence-corrected chi connectivity index (χ2v) is 10.0. The fourth-order valence-corrected chi connectivity index (χ4v) is 5.49. The number of carbonyl (C=O) groups is 1. The minimum atomic E-state index is -4.49. The molecule has 1 N–H and O–H groups in total. The summed E-state index contributed by atoms with van der Waals surface area (Å²) >= 11 is 0. The van der Waals surface area contributed by atoms with E-state index in [9.17, 15) is 23.1 Å². The summed E-state index contributed by atoms with van der Waals surface area (Å²) in [6.45, 7) is 0.984. The Kier molecular flexibility index (Phi) is 7.17. The average molecular weight is 566 g/mol. The van der Waals surface area contributed by atoms with Crippen LogP contribution in [0.2, 0.25) is 0 Å². The molecule has 0 bridgehead atoms. The highest BCUT2D eigenvalue weighted by Crippen LogP contribution is 2.41. The Morgan fingerprint density at radius 2 is 1.50 bits per heavy atom. The van der Waals surface area contributed by atoms with Gasteiger partial charge < -0.3 is 14.4 Å². The molecular weight excluding hydrogens is 539 g/mol. The van der Waals surface area contributed by atoms with Gasteiger partial charge in [0.15, 0.2) is 0 Å².